The maximum absolute atomic E-state index is 11.6. The molecule has 162 valence electrons. The van der Waals surface area contributed by atoms with Crippen LogP contribution < -0.4 is 5.73 Å². The van der Waals surface area contributed by atoms with Crippen LogP contribution in [0.4, 0.5) is 5.82 Å². The van der Waals surface area contributed by atoms with Gasteiger partial charge in [0.2, 0.25) is 5.91 Å². The summed E-state index contributed by atoms with van der Waals surface area (Å²) in [6, 6.07) is 6.02. The number of nitrogen functional groups attached to an aromatic ring is 1. The van der Waals surface area contributed by atoms with Crippen LogP contribution in [0, 0.1) is 0 Å². The third-order valence-corrected chi connectivity index (χ3v) is 6.97. The van der Waals surface area contributed by atoms with Crippen LogP contribution in [0.15, 0.2) is 30.7 Å². The Morgan fingerprint density at radius 3 is 2.58 bits per heavy atom. The van der Waals surface area contributed by atoms with Gasteiger partial charge in [0.15, 0.2) is 0 Å². The summed E-state index contributed by atoms with van der Waals surface area (Å²) in [5, 5.41) is 11.2. The van der Waals surface area contributed by atoms with Crippen LogP contribution in [-0.2, 0) is 4.79 Å². The number of hydrogen-bond donors (Lipinski definition) is 2. The van der Waals surface area contributed by atoms with Crippen molar-refractivity contribution in [3.63, 3.8) is 0 Å². The third-order valence-electron chi connectivity index (χ3n) is 6.65. The van der Waals surface area contributed by atoms with Gasteiger partial charge in [-0.05, 0) is 30.5 Å². The predicted molar refractivity (Wildman–Crippen MR) is 120 cm³/mol. The van der Waals surface area contributed by atoms with Gasteiger partial charge in [0.1, 0.15) is 23.5 Å². The van der Waals surface area contributed by atoms with Crippen molar-refractivity contribution in [2.45, 2.75) is 31.8 Å². The Balaban J connectivity index is 1.40. The van der Waals surface area contributed by atoms with Crippen molar-refractivity contribution in [3.8, 4) is 16.9 Å². The van der Waals surface area contributed by atoms with Crippen molar-refractivity contribution in [3.05, 3.63) is 35.7 Å². The summed E-state index contributed by atoms with van der Waals surface area (Å²) in [6.45, 7) is 5.09. The van der Waals surface area contributed by atoms with Crippen LogP contribution in [0.1, 0.15) is 25.8 Å². The lowest BCUT2D eigenvalue weighted by Crippen LogP contribution is -2.54. The third kappa shape index (κ3) is 3.49. The van der Waals surface area contributed by atoms with Gasteiger partial charge < -0.3 is 20.3 Å². The molecule has 0 spiro atoms. The van der Waals surface area contributed by atoms with Gasteiger partial charge in [-0.15, -0.1) is 0 Å². The smallest absolute Gasteiger partial charge is 0.219 e. The Morgan fingerprint density at radius 1 is 1.16 bits per heavy atom. The van der Waals surface area contributed by atoms with E-state index in [4.69, 9.17) is 17.3 Å². The van der Waals surface area contributed by atoms with Crippen LogP contribution in [-0.4, -0.2) is 67.6 Å². The molecule has 5 rings (SSSR count). The van der Waals surface area contributed by atoms with E-state index in [0.717, 1.165) is 61.2 Å². The summed E-state index contributed by atoms with van der Waals surface area (Å²) < 4.78 is 2.19. The van der Waals surface area contributed by atoms with Crippen LogP contribution in [0.25, 0.3) is 22.2 Å². The van der Waals surface area contributed by atoms with Crippen molar-refractivity contribution in [2.24, 2.45) is 0 Å². The van der Waals surface area contributed by atoms with Gasteiger partial charge in [0.25, 0.3) is 0 Å². The van der Waals surface area contributed by atoms with Gasteiger partial charge >= 0.3 is 0 Å². The molecular formula is C22H25ClN6O2. The molecule has 3 N–H and O–H groups in total. The summed E-state index contributed by atoms with van der Waals surface area (Å²) in [7, 11) is 0. The lowest BCUT2D eigenvalue weighted by Gasteiger charge is -2.46. The lowest BCUT2D eigenvalue weighted by atomic mass is 9.85. The number of carbonyl (C=O) groups is 1. The summed E-state index contributed by atoms with van der Waals surface area (Å²) in [5.74, 6) is 0.608. The van der Waals surface area contributed by atoms with Crippen molar-refractivity contribution in [1.29, 1.82) is 0 Å². The molecule has 0 unspecified atom stereocenters. The standard InChI is InChI=1S/C22H25ClN6O2/c1-13(30)27-4-6-28(7-5-27)15-9-16(10-15)29-11-17(14-2-3-18(23)19(31)8-14)20-21(24)25-12-26-22(20)29/h2-3,8,11-12,15-16,31H,4-7,9-10H2,1H3,(H2,24,25,26). The molecule has 31 heavy (non-hydrogen) atoms. The van der Waals surface area contributed by atoms with Crippen LogP contribution >= 0.6 is 11.6 Å². The number of rotatable bonds is 3. The quantitative estimate of drug-likeness (QED) is 0.649. The molecule has 1 saturated carbocycles. The summed E-state index contributed by atoms with van der Waals surface area (Å²) in [5.41, 5.74) is 8.74. The number of aromatic hydroxyl groups is 1. The van der Waals surface area contributed by atoms with Crippen LogP contribution in [0.5, 0.6) is 5.75 Å². The number of phenolic OH excluding ortho intramolecular Hbond substituents is 1. The normalized spacial score (nSPS) is 21.9. The van der Waals surface area contributed by atoms with Crippen molar-refractivity contribution >= 4 is 34.4 Å². The second-order valence-electron chi connectivity index (χ2n) is 8.39. The summed E-state index contributed by atoms with van der Waals surface area (Å²) >= 11 is 5.99. The van der Waals surface area contributed by atoms with E-state index in [1.54, 1.807) is 19.1 Å². The highest BCUT2D eigenvalue weighted by molar-refractivity contribution is 6.32. The minimum absolute atomic E-state index is 0.0314. The first kappa shape index (κ1) is 20.1. The number of anilines is 1. The fourth-order valence-corrected chi connectivity index (χ4v) is 4.89. The number of phenols is 1. The number of piperazine rings is 1. The van der Waals surface area contributed by atoms with Gasteiger partial charge in [0, 0.05) is 56.9 Å². The maximum atomic E-state index is 11.6. The molecule has 9 heteroatoms. The topological polar surface area (TPSA) is 101 Å². The molecule has 3 aromatic rings. The first-order chi connectivity index (χ1) is 14.9. The second kappa shape index (κ2) is 7.69. The number of halogens is 1. The Morgan fingerprint density at radius 2 is 1.90 bits per heavy atom. The van der Waals surface area contributed by atoms with Crippen LogP contribution in [0.3, 0.4) is 0 Å². The molecule has 2 aliphatic rings. The van der Waals surface area contributed by atoms with E-state index in [-0.39, 0.29) is 11.7 Å². The molecule has 0 radical (unpaired) electrons. The van der Waals surface area contributed by atoms with Crippen molar-refractivity contribution in [2.75, 3.05) is 31.9 Å². The van der Waals surface area contributed by atoms with Gasteiger partial charge in [-0.1, -0.05) is 17.7 Å². The molecule has 0 bridgehead atoms. The highest BCUT2D eigenvalue weighted by atomic mass is 35.5. The summed E-state index contributed by atoms with van der Waals surface area (Å²) in [6.07, 6.45) is 5.61. The number of nitrogens with two attached hydrogens (primary N) is 1. The Bertz CT molecular complexity index is 1150. The van der Waals surface area contributed by atoms with E-state index in [0.29, 0.717) is 22.9 Å². The number of amides is 1. The molecule has 1 aliphatic carbocycles. The highest BCUT2D eigenvalue weighted by Gasteiger charge is 2.37. The minimum atomic E-state index is 0.0314. The lowest BCUT2D eigenvalue weighted by molar-refractivity contribution is -0.131. The van der Waals surface area contributed by atoms with E-state index >= 15 is 0 Å². The van der Waals surface area contributed by atoms with Gasteiger partial charge in [-0.3, -0.25) is 9.69 Å². The maximum Gasteiger partial charge on any atom is 0.219 e. The van der Waals surface area contributed by atoms with E-state index in [9.17, 15) is 9.90 Å². The van der Waals surface area contributed by atoms with Gasteiger partial charge in [-0.25, -0.2) is 9.97 Å². The number of aromatic nitrogens is 3. The molecule has 1 amide bonds. The van der Waals surface area contributed by atoms with E-state index < -0.39 is 0 Å². The van der Waals surface area contributed by atoms with E-state index in [1.165, 1.54) is 6.33 Å². The van der Waals surface area contributed by atoms with Gasteiger partial charge in [0.05, 0.1) is 10.4 Å². The second-order valence-corrected chi connectivity index (χ2v) is 8.80. The fraction of sp³-hybridized carbons (Fsp3) is 0.409. The average molecular weight is 441 g/mol. The zero-order chi connectivity index (χ0) is 21.7. The Hall–Kier alpha value is -2.84. The molecule has 1 aliphatic heterocycles. The van der Waals surface area contributed by atoms with E-state index in [1.807, 2.05) is 11.0 Å². The molecule has 1 aromatic carbocycles. The molecular weight excluding hydrogens is 416 g/mol. The molecule has 1 saturated heterocycles. The molecule has 3 heterocycles. The predicted octanol–water partition coefficient (Wildman–Crippen LogP) is 2.91. The molecule has 0 atom stereocenters. The Kier molecular flexibility index (Phi) is 4.98. The zero-order valence-electron chi connectivity index (χ0n) is 17.3. The van der Waals surface area contributed by atoms with E-state index in [2.05, 4.69) is 25.6 Å². The number of fused-ring (bicyclic) bond motifs is 1. The summed E-state index contributed by atoms with van der Waals surface area (Å²) in [4.78, 5) is 24.7. The molecule has 8 nitrogen and oxygen atoms in total. The average Bonchev–Trinajstić information content (AvgIpc) is 3.10. The largest absolute Gasteiger partial charge is 0.506 e. The SMILES string of the molecule is CC(=O)N1CCN(C2CC(n3cc(-c4ccc(Cl)c(O)c4)c4c(N)ncnc43)C2)CC1. The molecule has 2 aromatic heterocycles. The first-order valence-electron chi connectivity index (χ1n) is 10.5. The fourth-order valence-electron chi connectivity index (χ4n) is 4.77. The molecule has 2 fully saturated rings. The number of hydrogen-bond acceptors (Lipinski definition) is 6. The highest BCUT2D eigenvalue weighted by Crippen LogP contribution is 2.42. The monoisotopic (exact) mass is 440 g/mol. The van der Waals surface area contributed by atoms with Crippen molar-refractivity contribution < 1.29 is 9.90 Å². The number of benzene rings is 1. The Labute approximate surface area is 185 Å². The first-order valence-corrected chi connectivity index (χ1v) is 10.9. The zero-order valence-corrected chi connectivity index (χ0v) is 18.1. The van der Waals surface area contributed by atoms with Gasteiger partial charge in [-0.2, -0.15) is 0 Å². The number of carbonyl (C=O) groups excluding carboxylic acids is 1. The number of nitrogens with zero attached hydrogens (tertiary/aromatic N) is 5. The van der Waals surface area contributed by atoms with Crippen LogP contribution in [0.2, 0.25) is 5.02 Å². The van der Waals surface area contributed by atoms with Crippen molar-refractivity contribution in [1.82, 2.24) is 24.3 Å². The minimum Gasteiger partial charge on any atom is -0.506 e.